The molecule has 30 heavy (non-hydrogen) atoms. The lowest BCUT2D eigenvalue weighted by atomic mass is 10.1. The summed E-state index contributed by atoms with van der Waals surface area (Å²) in [5.41, 5.74) is 3.28. The number of aryl methyl sites for hydroxylation is 1. The zero-order chi connectivity index (χ0) is 21.1. The number of amides is 1. The monoisotopic (exact) mass is 419 g/mol. The van der Waals surface area contributed by atoms with Crippen LogP contribution in [0.15, 0.2) is 60.9 Å². The first-order valence-electron chi connectivity index (χ1n) is 9.39. The Hall–Kier alpha value is -3.45. The molecule has 2 heterocycles. The Balaban J connectivity index is 1.82. The van der Waals surface area contributed by atoms with Gasteiger partial charge in [-0.3, -0.25) is 14.7 Å². The quantitative estimate of drug-likeness (QED) is 0.446. The van der Waals surface area contributed by atoms with Gasteiger partial charge in [0.2, 0.25) is 0 Å². The van der Waals surface area contributed by atoms with Gasteiger partial charge in [0.1, 0.15) is 21.7 Å². The lowest BCUT2D eigenvalue weighted by Crippen LogP contribution is -2.30. The number of benzene rings is 2. The van der Waals surface area contributed by atoms with Crippen molar-refractivity contribution in [3.8, 4) is 11.5 Å². The van der Waals surface area contributed by atoms with Crippen LogP contribution in [0.2, 0.25) is 0 Å². The van der Waals surface area contributed by atoms with E-state index in [4.69, 9.17) is 14.5 Å². The minimum atomic E-state index is -0.129. The van der Waals surface area contributed by atoms with Gasteiger partial charge in [-0.1, -0.05) is 35.1 Å². The molecule has 0 aliphatic heterocycles. The molecule has 0 bridgehead atoms. The molecular formula is C23H21N3O3S. The van der Waals surface area contributed by atoms with Gasteiger partial charge in [0.05, 0.1) is 20.8 Å². The van der Waals surface area contributed by atoms with E-state index < -0.39 is 0 Å². The number of hydrogen-bond acceptors (Lipinski definition) is 6. The highest BCUT2D eigenvalue weighted by Crippen LogP contribution is 2.40. The van der Waals surface area contributed by atoms with E-state index in [-0.39, 0.29) is 5.91 Å². The normalized spacial score (nSPS) is 10.8. The topological polar surface area (TPSA) is 64.6 Å². The van der Waals surface area contributed by atoms with E-state index in [9.17, 15) is 4.79 Å². The molecule has 7 heteroatoms. The summed E-state index contributed by atoms with van der Waals surface area (Å²) in [6, 6.07) is 15.0. The van der Waals surface area contributed by atoms with Crippen LogP contribution in [0.1, 0.15) is 21.5 Å². The third kappa shape index (κ3) is 3.84. The van der Waals surface area contributed by atoms with E-state index in [2.05, 4.69) is 4.98 Å². The van der Waals surface area contributed by atoms with E-state index in [1.807, 2.05) is 55.5 Å². The lowest BCUT2D eigenvalue weighted by Gasteiger charge is -2.20. The highest BCUT2D eigenvalue weighted by Gasteiger charge is 2.24. The van der Waals surface area contributed by atoms with Gasteiger partial charge in [0.15, 0.2) is 5.13 Å². The Kier molecular flexibility index (Phi) is 5.63. The molecule has 0 fully saturated rings. The van der Waals surface area contributed by atoms with Crippen molar-refractivity contribution in [3.63, 3.8) is 0 Å². The highest BCUT2D eigenvalue weighted by molar-refractivity contribution is 7.22. The van der Waals surface area contributed by atoms with E-state index in [1.54, 1.807) is 31.5 Å². The van der Waals surface area contributed by atoms with Crippen LogP contribution < -0.4 is 14.4 Å². The first kappa shape index (κ1) is 19.8. The smallest absolute Gasteiger partial charge is 0.260 e. The number of hydrogen-bond donors (Lipinski definition) is 0. The van der Waals surface area contributed by atoms with Crippen molar-refractivity contribution in [1.82, 2.24) is 9.97 Å². The molecular weight excluding hydrogens is 398 g/mol. The molecule has 0 radical (unpaired) electrons. The molecule has 0 N–H and O–H groups in total. The third-order valence-electron chi connectivity index (χ3n) is 4.74. The lowest BCUT2D eigenvalue weighted by molar-refractivity contribution is 0.0985. The Morgan fingerprint density at radius 3 is 2.43 bits per heavy atom. The molecule has 0 saturated heterocycles. The number of rotatable bonds is 6. The van der Waals surface area contributed by atoms with Gasteiger partial charge in [-0.15, -0.1) is 0 Å². The van der Waals surface area contributed by atoms with Crippen LogP contribution in [0.4, 0.5) is 5.13 Å². The summed E-state index contributed by atoms with van der Waals surface area (Å²) < 4.78 is 11.8. The molecule has 4 aromatic rings. The second kappa shape index (κ2) is 8.51. The van der Waals surface area contributed by atoms with Gasteiger partial charge >= 0.3 is 0 Å². The summed E-state index contributed by atoms with van der Waals surface area (Å²) in [4.78, 5) is 24.1. The van der Waals surface area contributed by atoms with Crippen molar-refractivity contribution >= 4 is 32.6 Å². The highest BCUT2D eigenvalue weighted by atomic mass is 32.1. The number of aromatic nitrogens is 2. The fourth-order valence-electron chi connectivity index (χ4n) is 3.14. The van der Waals surface area contributed by atoms with Crippen LogP contribution in [0.25, 0.3) is 10.2 Å². The van der Waals surface area contributed by atoms with Crippen LogP contribution in [-0.2, 0) is 6.54 Å². The Bertz CT molecular complexity index is 1130. The molecule has 0 atom stereocenters. The van der Waals surface area contributed by atoms with Crippen LogP contribution >= 0.6 is 11.3 Å². The van der Waals surface area contributed by atoms with Gasteiger partial charge < -0.3 is 9.47 Å². The molecule has 0 aliphatic carbocycles. The maximum absolute atomic E-state index is 13.5. The SMILES string of the molecule is COc1ccc(OC)c2sc(N(Cc3cccnc3)C(=O)c3ccc(C)cc3)nc12. The Morgan fingerprint density at radius 1 is 1.03 bits per heavy atom. The summed E-state index contributed by atoms with van der Waals surface area (Å²) in [5.74, 6) is 1.20. The van der Waals surface area contributed by atoms with E-state index in [0.29, 0.717) is 34.3 Å². The van der Waals surface area contributed by atoms with E-state index in [1.165, 1.54) is 11.3 Å². The molecule has 6 nitrogen and oxygen atoms in total. The zero-order valence-electron chi connectivity index (χ0n) is 17.0. The molecule has 0 spiro atoms. The van der Waals surface area contributed by atoms with E-state index >= 15 is 0 Å². The number of carbonyl (C=O) groups excluding carboxylic acids is 1. The summed E-state index contributed by atoms with van der Waals surface area (Å²) in [5, 5.41) is 0.572. The average molecular weight is 420 g/mol. The van der Waals surface area contributed by atoms with Gasteiger partial charge in [0, 0.05) is 18.0 Å². The number of anilines is 1. The van der Waals surface area contributed by atoms with Gasteiger partial charge in [-0.2, -0.15) is 0 Å². The molecule has 4 rings (SSSR count). The van der Waals surface area contributed by atoms with Crippen molar-refractivity contribution < 1.29 is 14.3 Å². The fraction of sp³-hybridized carbons (Fsp3) is 0.174. The molecule has 0 saturated carbocycles. The summed E-state index contributed by atoms with van der Waals surface area (Å²) >= 11 is 1.40. The maximum Gasteiger partial charge on any atom is 0.260 e. The van der Waals surface area contributed by atoms with Gasteiger partial charge in [0.25, 0.3) is 5.91 Å². The second-order valence-corrected chi connectivity index (χ2v) is 7.74. The number of ether oxygens (including phenoxy) is 2. The number of nitrogens with zero attached hydrogens (tertiary/aromatic N) is 3. The van der Waals surface area contributed by atoms with E-state index in [0.717, 1.165) is 15.8 Å². The molecule has 2 aromatic heterocycles. The molecule has 2 aromatic carbocycles. The van der Waals surface area contributed by atoms with Gasteiger partial charge in [-0.05, 0) is 42.8 Å². The Morgan fingerprint density at radius 2 is 1.77 bits per heavy atom. The number of pyridine rings is 1. The Labute approximate surface area is 178 Å². The number of fused-ring (bicyclic) bond motifs is 1. The first-order valence-corrected chi connectivity index (χ1v) is 10.2. The average Bonchev–Trinajstić information content (AvgIpc) is 3.23. The summed E-state index contributed by atoms with van der Waals surface area (Å²) in [6.07, 6.45) is 3.47. The summed E-state index contributed by atoms with van der Waals surface area (Å²) in [6.45, 7) is 2.35. The van der Waals surface area contributed by atoms with Gasteiger partial charge in [-0.25, -0.2) is 4.98 Å². The standard InChI is InChI=1S/C23H21N3O3S/c1-15-6-8-17(9-7-15)22(27)26(14-16-5-4-12-24-13-16)23-25-20-18(28-2)10-11-19(29-3)21(20)30-23/h4-13H,14H2,1-3H3. The fourth-order valence-corrected chi connectivity index (χ4v) is 4.21. The maximum atomic E-state index is 13.5. The summed E-state index contributed by atoms with van der Waals surface area (Å²) in [7, 11) is 3.22. The van der Waals surface area contributed by atoms with Crippen LogP contribution in [-0.4, -0.2) is 30.1 Å². The zero-order valence-corrected chi connectivity index (χ0v) is 17.8. The van der Waals surface area contributed by atoms with Crippen molar-refractivity contribution in [2.45, 2.75) is 13.5 Å². The van der Waals surface area contributed by atoms with Crippen molar-refractivity contribution in [3.05, 3.63) is 77.6 Å². The molecule has 1 amide bonds. The second-order valence-electron chi connectivity index (χ2n) is 6.76. The molecule has 152 valence electrons. The predicted octanol–water partition coefficient (Wildman–Crippen LogP) is 4.86. The minimum absolute atomic E-state index is 0.129. The largest absolute Gasteiger partial charge is 0.495 e. The number of methoxy groups -OCH3 is 2. The van der Waals surface area contributed by atoms with Crippen LogP contribution in [0.5, 0.6) is 11.5 Å². The van der Waals surface area contributed by atoms with Crippen molar-refractivity contribution in [2.24, 2.45) is 0 Å². The predicted molar refractivity (Wildman–Crippen MR) is 119 cm³/mol. The van der Waals surface area contributed by atoms with Crippen molar-refractivity contribution in [1.29, 1.82) is 0 Å². The molecule has 0 unspecified atom stereocenters. The van der Waals surface area contributed by atoms with Crippen LogP contribution in [0.3, 0.4) is 0 Å². The first-order chi connectivity index (χ1) is 14.6. The minimum Gasteiger partial charge on any atom is -0.495 e. The third-order valence-corrected chi connectivity index (χ3v) is 5.83. The number of carbonyl (C=O) groups is 1. The van der Waals surface area contributed by atoms with Crippen molar-refractivity contribution in [2.75, 3.05) is 19.1 Å². The molecule has 0 aliphatic rings. The number of thiazole rings is 1. The van der Waals surface area contributed by atoms with Crippen LogP contribution in [0, 0.1) is 6.92 Å².